The fourth-order valence-electron chi connectivity index (χ4n) is 2.44. The molecule has 1 heterocycles. The first kappa shape index (κ1) is 17.2. The van der Waals surface area contributed by atoms with Crippen LogP contribution in [0, 0.1) is 12.7 Å². The monoisotopic (exact) mass is 360 g/mol. The van der Waals surface area contributed by atoms with E-state index in [0.717, 1.165) is 0 Å². The van der Waals surface area contributed by atoms with Crippen molar-refractivity contribution >= 4 is 29.4 Å². The van der Waals surface area contributed by atoms with Crippen molar-refractivity contribution in [2.45, 2.75) is 19.2 Å². The van der Waals surface area contributed by atoms with Crippen LogP contribution in [0.25, 0.3) is 6.08 Å². The molecule has 2 aromatic carbocycles. The molecule has 128 valence electrons. The van der Waals surface area contributed by atoms with Gasteiger partial charge in [-0.1, -0.05) is 12.1 Å². The van der Waals surface area contributed by atoms with Crippen LogP contribution in [0.15, 0.2) is 42.2 Å². The van der Waals surface area contributed by atoms with Crippen molar-refractivity contribution in [3.05, 3.63) is 64.7 Å². The van der Waals surface area contributed by atoms with E-state index in [1.54, 1.807) is 25.1 Å². The number of Topliss-reactive ketones (excluding diaryl/α,β-unsaturated/α-hetero) is 1. The summed E-state index contributed by atoms with van der Waals surface area (Å²) in [7, 11) is 0. The maximum absolute atomic E-state index is 13.0. The Bertz CT molecular complexity index is 885. The molecule has 6 heteroatoms. The van der Waals surface area contributed by atoms with Crippen molar-refractivity contribution in [2.24, 2.45) is 0 Å². The lowest BCUT2D eigenvalue weighted by Gasteiger charge is -2.08. The molecule has 1 aliphatic heterocycles. The highest BCUT2D eigenvalue weighted by atomic mass is 35.5. The fraction of sp³-hybridized carbons (Fsp3) is 0.158. The smallest absolute Gasteiger partial charge is 0.329 e. The van der Waals surface area contributed by atoms with E-state index in [1.165, 1.54) is 31.2 Å². The summed E-state index contributed by atoms with van der Waals surface area (Å²) < 4.78 is 23.8. The van der Waals surface area contributed by atoms with Crippen LogP contribution in [0.3, 0.4) is 0 Å². The van der Waals surface area contributed by atoms with E-state index in [1.807, 2.05) is 0 Å². The van der Waals surface area contributed by atoms with Crippen LogP contribution in [0.4, 0.5) is 4.39 Å². The maximum Gasteiger partial charge on any atom is 0.329 e. The lowest BCUT2D eigenvalue weighted by Crippen LogP contribution is -2.17. The van der Waals surface area contributed by atoms with E-state index >= 15 is 0 Å². The highest BCUT2D eigenvalue weighted by Crippen LogP contribution is 2.37. The lowest BCUT2D eigenvalue weighted by molar-refractivity contribution is -0.133. The van der Waals surface area contributed by atoms with Gasteiger partial charge in [0, 0.05) is 6.07 Å². The Labute approximate surface area is 148 Å². The summed E-state index contributed by atoms with van der Waals surface area (Å²) in [6, 6.07) is 8.75. The number of ketones is 1. The third-order valence-electron chi connectivity index (χ3n) is 3.65. The van der Waals surface area contributed by atoms with Gasteiger partial charge in [0.1, 0.15) is 22.7 Å². The summed E-state index contributed by atoms with van der Waals surface area (Å²) >= 11 is 5.69. The summed E-state index contributed by atoms with van der Waals surface area (Å²) in [6.07, 6.45) is 1.54. The third-order valence-corrected chi connectivity index (χ3v) is 3.83. The van der Waals surface area contributed by atoms with Crippen LogP contribution >= 0.6 is 11.6 Å². The molecule has 1 aliphatic rings. The van der Waals surface area contributed by atoms with E-state index < -0.39 is 11.3 Å². The van der Waals surface area contributed by atoms with Crippen LogP contribution in [-0.4, -0.2) is 17.1 Å². The van der Waals surface area contributed by atoms with Crippen molar-refractivity contribution in [3.8, 4) is 11.5 Å². The van der Waals surface area contributed by atoms with Gasteiger partial charge in [0.15, 0.2) is 5.76 Å². The average molecular weight is 361 g/mol. The number of esters is 1. The maximum atomic E-state index is 13.0. The highest BCUT2D eigenvalue weighted by Gasteiger charge is 2.30. The van der Waals surface area contributed by atoms with Gasteiger partial charge in [-0.05, 0) is 49.2 Å². The first-order valence-corrected chi connectivity index (χ1v) is 7.99. The molecule has 1 unspecified atom stereocenters. The number of alkyl halides is 1. The van der Waals surface area contributed by atoms with Crippen molar-refractivity contribution in [1.29, 1.82) is 0 Å². The Balaban J connectivity index is 1.91. The largest absolute Gasteiger partial charge is 0.452 e. The second kappa shape index (κ2) is 6.69. The normalized spacial score (nSPS) is 15.7. The predicted molar refractivity (Wildman–Crippen MR) is 91.5 cm³/mol. The first-order valence-electron chi connectivity index (χ1n) is 7.55. The second-order valence-corrected chi connectivity index (χ2v) is 6.30. The summed E-state index contributed by atoms with van der Waals surface area (Å²) in [5.74, 6) is -0.542. The molecule has 0 saturated carbocycles. The number of aryl methyl sites for hydroxylation is 1. The molecule has 0 N–H and O–H groups in total. The molecule has 3 rings (SSSR count). The molecule has 1 atom stereocenters. The van der Waals surface area contributed by atoms with Gasteiger partial charge in [0.2, 0.25) is 5.78 Å². The zero-order valence-electron chi connectivity index (χ0n) is 13.5. The van der Waals surface area contributed by atoms with E-state index in [-0.39, 0.29) is 23.1 Å². The molecule has 2 aromatic rings. The van der Waals surface area contributed by atoms with Crippen LogP contribution in [0.5, 0.6) is 11.5 Å². The Morgan fingerprint density at radius 2 is 1.96 bits per heavy atom. The number of hydrogen-bond donors (Lipinski definition) is 0. The number of carbonyl (C=O) groups is 2. The van der Waals surface area contributed by atoms with Gasteiger partial charge in [-0.3, -0.25) is 9.59 Å². The third kappa shape index (κ3) is 3.56. The number of ether oxygens (including phenoxy) is 2. The zero-order chi connectivity index (χ0) is 18.1. The molecule has 0 amide bonds. The molecule has 4 nitrogen and oxygen atoms in total. The topological polar surface area (TPSA) is 52.6 Å². The van der Waals surface area contributed by atoms with Crippen LogP contribution < -0.4 is 9.47 Å². The molecule has 0 aliphatic carbocycles. The zero-order valence-corrected chi connectivity index (χ0v) is 14.3. The predicted octanol–water partition coefficient (Wildman–Crippen LogP) is 4.28. The summed E-state index contributed by atoms with van der Waals surface area (Å²) in [5, 5.41) is -0.787. The lowest BCUT2D eigenvalue weighted by atomic mass is 10.0. The number of fused-ring (bicyclic) bond motifs is 1. The van der Waals surface area contributed by atoms with Crippen LogP contribution in [-0.2, 0) is 4.79 Å². The van der Waals surface area contributed by atoms with Gasteiger partial charge in [0.05, 0.1) is 5.56 Å². The Morgan fingerprint density at radius 1 is 1.28 bits per heavy atom. The van der Waals surface area contributed by atoms with E-state index in [9.17, 15) is 14.0 Å². The van der Waals surface area contributed by atoms with Crippen molar-refractivity contribution in [2.75, 3.05) is 0 Å². The second-order valence-electron chi connectivity index (χ2n) is 5.64. The summed E-state index contributed by atoms with van der Waals surface area (Å²) in [4.78, 5) is 24.2. The van der Waals surface area contributed by atoms with Crippen molar-refractivity contribution < 1.29 is 23.5 Å². The first-order chi connectivity index (χ1) is 11.8. The SMILES string of the molecule is Cc1cc(OC(=O)C(C)Cl)cc2c1C(=O)/C(=C/c1ccc(F)cc1)O2. The molecule has 0 bridgehead atoms. The molecule has 0 spiro atoms. The average Bonchev–Trinajstić information content (AvgIpc) is 2.85. The van der Waals surface area contributed by atoms with Gasteiger partial charge in [-0.2, -0.15) is 0 Å². The number of hydrogen-bond acceptors (Lipinski definition) is 4. The van der Waals surface area contributed by atoms with Gasteiger partial charge in [0.25, 0.3) is 0 Å². The minimum atomic E-state index is -0.787. The molecule has 0 fully saturated rings. The minimum Gasteiger partial charge on any atom is -0.452 e. The van der Waals surface area contributed by atoms with Gasteiger partial charge >= 0.3 is 5.97 Å². The van der Waals surface area contributed by atoms with Crippen LogP contribution in [0.1, 0.15) is 28.4 Å². The molecular formula is C19H14ClFO4. The number of benzene rings is 2. The summed E-state index contributed by atoms with van der Waals surface area (Å²) in [5.41, 5.74) is 1.67. The summed E-state index contributed by atoms with van der Waals surface area (Å²) in [6.45, 7) is 3.23. The molecule has 0 aromatic heterocycles. The molecule has 0 radical (unpaired) electrons. The molecular weight excluding hydrogens is 347 g/mol. The Kier molecular flexibility index (Phi) is 4.59. The van der Waals surface area contributed by atoms with Crippen LogP contribution in [0.2, 0.25) is 0 Å². The van der Waals surface area contributed by atoms with Gasteiger partial charge < -0.3 is 9.47 Å². The number of rotatable bonds is 3. The van der Waals surface area contributed by atoms with Crippen molar-refractivity contribution in [1.82, 2.24) is 0 Å². The van der Waals surface area contributed by atoms with E-state index in [2.05, 4.69) is 0 Å². The quantitative estimate of drug-likeness (QED) is 0.355. The Hall–Kier alpha value is -2.66. The number of halogens is 2. The van der Waals surface area contributed by atoms with Gasteiger partial charge in [-0.25, -0.2) is 4.39 Å². The minimum absolute atomic E-state index is 0.124. The van der Waals surface area contributed by atoms with E-state index in [0.29, 0.717) is 22.4 Å². The Morgan fingerprint density at radius 3 is 2.60 bits per heavy atom. The molecule has 0 saturated heterocycles. The number of allylic oxidation sites excluding steroid dienone is 1. The standard InChI is InChI=1S/C19H14ClFO4/c1-10-7-14(24-19(23)11(2)20)9-15-17(10)18(22)16(25-15)8-12-3-5-13(21)6-4-12/h3-9,11H,1-2H3/b16-8-. The van der Waals surface area contributed by atoms with E-state index in [4.69, 9.17) is 21.1 Å². The fourth-order valence-corrected chi connectivity index (χ4v) is 2.49. The highest BCUT2D eigenvalue weighted by molar-refractivity contribution is 6.29. The number of carbonyl (C=O) groups excluding carboxylic acids is 2. The molecule has 25 heavy (non-hydrogen) atoms. The van der Waals surface area contributed by atoms with Gasteiger partial charge in [-0.15, -0.1) is 11.6 Å². The van der Waals surface area contributed by atoms with Crippen molar-refractivity contribution in [3.63, 3.8) is 0 Å².